The molecular weight excluding hydrogens is 376 g/mol. The molecular formula is C20H26N4O3S. The molecule has 1 atom stereocenters. The van der Waals surface area contributed by atoms with Gasteiger partial charge in [-0.3, -0.25) is 9.59 Å². The Kier molecular flexibility index (Phi) is 5.75. The van der Waals surface area contributed by atoms with Gasteiger partial charge < -0.3 is 14.3 Å². The smallest absolute Gasteiger partial charge is 0.249 e. The minimum atomic E-state index is -0.256. The van der Waals surface area contributed by atoms with Crippen molar-refractivity contribution in [2.75, 3.05) is 19.6 Å². The van der Waals surface area contributed by atoms with Crippen molar-refractivity contribution in [1.82, 2.24) is 19.9 Å². The van der Waals surface area contributed by atoms with E-state index in [4.69, 9.17) is 4.52 Å². The molecule has 0 spiro atoms. The molecule has 2 aliphatic rings. The largest absolute Gasteiger partial charge is 0.341 e. The van der Waals surface area contributed by atoms with Gasteiger partial charge in [0, 0.05) is 25.6 Å². The maximum absolute atomic E-state index is 13.2. The average molecular weight is 403 g/mol. The fourth-order valence-electron chi connectivity index (χ4n) is 4.24. The lowest BCUT2D eigenvalue weighted by Gasteiger charge is -2.29. The standard InChI is InChI=1S/C20H26N4O3S/c1-14-21-19(27-22-14)17-6-8-23(18(25)12-15-7-11-28-13-15)9-10-24(17)20(26)16-4-2-3-5-16/h7,11,13,16-17H,2-6,8-10,12H2,1H3. The molecule has 1 saturated heterocycles. The maximum atomic E-state index is 13.2. The van der Waals surface area contributed by atoms with Gasteiger partial charge >= 0.3 is 0 Å². The third-order valence-corrected chi connectivity index (χ3v) is 6.50. The average Bonchev–Trinajstić information content (AvgIpc) is 3.43. The molecule has 1 unspecified atom stereocenters. The second kappa shape index (κ2) is 8.43. The lowest BCUT2D eigenvalue weighted by molar-refractivity contribution is -0.138. The molecule has 0 bridgehead atoms. The number of aromatic nitrogens is 2. The van der Waals surface area contributed by atoms with Gasteiger partial charge in [-0.15, -0.1) is 0 Å². The van der Waals surface area contributed by atoms with E-state index in [0.717, 1.165) is 31.2 Å². The fourth-order valence-corrected chi connectivity index (χ4v) is 4.90. The van der Waals surface area contributed by atoms with Gasteiger partial charge in [-0.1, -0.05) is 18.0 Å². The second-order valence-corrected chi connectivity index (χ2v) is 8.47. The van der Waals surface area contributed by atoms with Crippen molar-refractivity contribution in [3.05, 3.63) is 34.1 Å². The van der Waals surface area contributed by atoms with Crippen molar-refractivity contribution < 1.29 is 14.1 Å². The molecule has 7 nitrogen and oxygen atoms in total. The van der Waals surface area contributed by atoms with Gasteiger partial charge in [0.15, 0.2) is 5.82 Å². The topological polar surface area (TPSA) is 79.5 Å². The quantitative estimate of drug-likeness (QED) is 0.785. The molecule has 1 aliphatic carbocycles. The molecule has 1 aliphatic heterocycles. The summed E-state index contributed by atoms with van der Waals surface area (Å²) in [6, 6.07) is 1.73. The Bertz CT molecular complexity index is 813. The van der Waals surface area contributed by atoms with Gasteiger partial charge in [-0.2, -0.15) is 16.3 Å². The highest BCUT2D eigenvalue weighted by molar-refractivity contribution is 7.08. The van der Waals surface area contributed by atoms with Crippen molar-refractivity contribution in [1.29, 1.82) is 0 Å². The zero-order chi connectivity index (χ0) is 19.5. The van der Waals surface area contributed by atoms with Crippen LogP contribution in [0.15, 0.2) is 21.3 Å². The molecule has 0 aromatic carbocycles. The number of hydrogen-bond acceptors (Lipinski definition) is 6. The van der Waals surface area contributed by atoms with Crippen molar-refractivity contribution in [2.45, 2.75) is 51.5 Å². The number of hydrogen-bond donors (Lipinski definition) is 0. The molecule has 150 valence electrons. The number of nitrogens with zero attached hydrogens (tertiary/aromatic N) is 4. The minimum absolute atomic E-state index is 0.0829. The van der Waals surface area contributed by atoms with Crippen molar-refractivity contribution in [3.8, 4) is 0 Å². The predicted molar refractivity (Wildman–Crippen MR) is 105 cm³/mol. The van der Waals surface area contributed by atoms with E-state index in [1.807, 2.05) is 26.6 Å². The summed E-state index contributed by atoms with van der Waals surface area (Å²) in [7, 11) is 0. The first-order chi connectivity index (χ1) is 13.6. The van der Waals surface area contributed by atoms with Crippen molar-refractivity contribution in [3.63, 3.8) is 0 Å². The Morgan fingerprint density at radius 2 is 2.04 bits per heavy atom. The maximum Gasteiger partial charge on any atom is 0.249 e. The van der Waals surface area contributed by atoms with Crippen LogP contribution in [0.25, 0.3) is 0 Å². The lowest BCUT2D eigenvalue weighted by atomic mass is 10.0. The Balaban J connectivity index is 1.51. The SMILES string of the molecule is Cc1noc(C2CCN(C(=O)Cc3ccsc3)CCN2C(=O)C2CCCC2)n1. The Labute approximate surface area is 168 Å². The predicted octanol–water partition coefficient (Wildman–Crippen LogP) is 2.97. The molecule has 4 rings (SSSR count). The van der Waals surface area contributed by atoms with Crippen molar-refractivity contribution in [2.24, 2.45) is 5.92 Å². The summed E-state index contributed by atoms with van der Waals surface area (Å²) in [6.07, 6.45) is 5.15. The monoisotopic (exact) mass is 402 g/mol. The Hall–Kier alpha value is -2.22. The fraction of sp³-hybridized carbons (Fsp3) is 0.600. The highest BCUT2D eigenvalue weighted by Gasteiger charge is 2.37. The number of aryl methyl sites for hydroxylation is 1. The van der Waals surface area contributed by atoms with Gasteiger partial charge in [0.25, 0.3) is 0 Å². The summed E-state index contributed by atoms with van der Waals surface area (Å²) in [5.74, 6) is 1.41. The highest BCUT2D eigenvalue weighted by Crippen LogP contribution is 2.32. The summed E-state index contributed by atoms with van der Waals surface area (Å²) >= 11 is 1.60. The van der Waals surface area contributed by atoms with E-state index in [2.05, 4.69) is 10.1 Å². The Morgan fingerprint density at radius 1 is 1.21 bits per heavy atom. The summed E-state index contributed by atoms with van der Waals surface area (Å²) < 4.78 is 5.43. The van der Waals surface area contributed by atoms with Crippen LogP contribution >= 0.6 is 11.3 Å². The van der Waals surface area contributed by atoms with Crippen molar-refractivity contribution >= 4 is 23.2 Å². The molecule has 0 radical (unpaired) electrons. The van der Waals surface area contributed by atoms with Crippen LogP contribution in [0.2, 0.25) is 0 Å². The van der Waals surface area contributed by atoms with Crippen LogP contribution in [0.5, 0.6) is 0 Å². The van der Waals surface area contributed by atoms with Gasteiger partial charge in [0.05, 0.1) is 6.42 Å². The molecule has 28 heavy (non-hydrogen) atoms. The van der Waals surface area contributed by atoms with Crippen LogP contribution in [-0.4, -0.2) is 51.4 Å². The zero-order valence-electron chi connectivity index (χ0n) is 16.2. The van der Waals surface area contributed by atoms with Crippen LogP contribution in [0.4, 0.5) is 0 Å². The second-order valence-electron chi connectivity index (χ2n) is 7.69. The van der Waals surface area contributed by atoms with Gasteiger partial charge in [0.2, 0.25) is 17.7 Å². The van der Waals surface area contributed by atoms with Crippen LogP contribution in [0.1, 0.15) is 55.4 Å². The number of carbonyl (C=O) groups excluding carboxylic acids is 2. The van der Waals surface area contributed by atoms with Crippen LogP contribution in [-0.2, 0) is 16.0 Å². The van der Waals surface area contributed by atoms with E-state index in [1.165, 1.54) is 0 Å². The van der Waals surface area contributed by atoms with Gasteiger partial charge in [0.1, 0.15) is 6.04 Å². The Morgan fingerprint density at radius 3 is 2.71 bits per heavy atom. The number of carbonyl (C=O) groups is 2. The van der Waals surface area contributed by atoms with Gasteiger partial charge in [-0.25, -0.2) is 0 Å². The molecule has 2 amide bonds. The molecule has 2 aromatic heterocycles. The summed E-state index contributed by atoms with van der Waals surface area (Å²) in [4.78, 5) is 34.1. The van der Waals surface area contributed by atoms with Crippen LogP contribution < -0.4 is 0 Å². The van der Waals surface area contributed by atoms with Gasteiger partial charge in [-0.05, 0) is 48.6 Å². The van der Waals surface area contributed by atoms with E-state index in [-0.39, 0.29) is 23.8 Å². The number of amides is 2. The summed E-state index contributed by atoms with van der Waals surface area (Å²) in [5.41, 5.74) is 1.04. The number of rotatable bonds is 4. The molecule has 0 N–H and O–H groups in total. The van der Waals surface area contributed by atoms with Crippen LogP contribution in [0.3, 0.4) is 0 Å². The summed E-state index contributed by atoms with van der Waals surface area (Å²) in [6.45, 7) is 3.43. The van der Waals surface area contributed by atoms with E-state index >= 15 is 0 Å². The highest BCUT2D eigenvalue weighted by atomic mass is 32.1. The van der Waals surface area contributed by atoms with E-state index < -0.39 is 0 Å². The third kappa shape index (κ3) is 4.11. The molecule has 1 saturated carbocycles. The molecule has 2 fully saturated rings. The lowest BCUT2D eigenvalue weighted by Crippen LogP contribution is -2.41. The third-order valence-electron chi connectivity index (χ3n) is 5.76. The molecule has 8 heteroatoms. The van der Waals surface area contributed by atoms with E-state index in [1.54, 1.807) is 18.3 Å². The zero-order valence-corrected chi connectivity index (χ0v) is 17.0. The minimum Gasteiger partial charge on any atom is -0.341 e. The number of thiophene rings is 1. The normalized spacial score (nSPS) is 21.1. The summed E-state index contributed by atoms with van der Waals surface area (Å²) in [5, 5.41) is 7.91. The van der Waals surface area contributed by atoms with E-state index in [9.17, 15) is 9.59 Å². The molecule has 2 aromatic rings. The first kappa shape index (κ1) is 19.1. The molecule has 3 heterocycles. The van der Waals surface area contributed by atoms with E-state index in [0.29, 0.717) is 44.2 Å². The van der Waals surface area contributed by atoms with Crippen LogP contribution in [0, 0.1) is 12.8 Å². The first-order valence-electron chi connectivity index (χ1n) is 10.0. The first-order valence-corrected chi connectivity index (χ1v) is 11.0.